The molecule has 0 atom stereocenters. The Morgan fingerprint density at radius 3 is 1.85 bits per heavy atom. The average molecular weight is 581 g/mol. The van der Waals surface area contributed by atoms with Gasteiger partial charge in [0.2, 0.25) is 5.75 Å². The molecule has 1 aliphatic rings. The third kappa shape index (κ3) is 9.25. The Labute approximate surface area is 238 Å². The predicted molar refractivity (Wildman–Crippen MR) is 149 cm³/mol. The fraction of sp³-hybridized carbons (Fsp3) is 0.517. The third-order valence-electron chi connectivity index (χ3n) is 6.96. The maximum Gasteiger partial charge on any atom is 0.417 e. The molecule has 12 heteroatoms. The van der Waals surface area contributed by atoms with Crippen molar-refractivity contribution in [3.63, 3.8) is 0 Å². The van der Waals surface area contributed by atoms with E-state index >= 15 is 0 Å². The Bertz CT molecular complexity index is 1140. The summed E-state index contributed by atoms with van der Waals surface area (Å²) in [6, 6.07) is 8.05. The molecule has 1 saturated heterocycles. The summed E-state index contributed by atoms with van der Waals surface area (Å²) in [5.41, 5.74) is -0.860. The highest BCUT2D eigenvalue weighted by Crippen LogP contribution is 2.38. The lowest BCUT2D eigenvalue weighted by Gasteiger charge is -2.22. The SMILES string of the molecule is COc1cc(C(=O)NCCCN2CCCN(CCCNC(=O)c3ccccc3C(F)(F)F)CC2)cc(OC)c1OC. The Morgan fingerprint density at radius 1 is 0.805 bits per heavy atom. The van der Waals surface area contributed by atoms with Crippen LogP contribution in [0, 0.1) is 0 Å². The monoisotopic (exact) mass is 580 g/mol. The normalized spacial score (nSPS) is 14.7. The first kappa shape index (κ1) is 32.0. The highest BCUT2D eigenvalue weighted by Gasteiger charge is 2.34. The van der Waals surface area contributed by atoms with Crippen LogP contribution in [-0.2, 0) is 6.18 Å². The number of halogens is 3. The Kier molecular flexibility index (Phi) is 12.1. The molecule has 2 N–H and O–H groups in total. The number of ether oxygens (including phenoxy) is 3. The van der Waals surface area contributed by atoms with Gasteiger partial charge in [-0.1, -0.05) is 12.1 Å². The van der Waals surface area contributed by atoms with Gasteiger partial charge in [-0.15, -0.1) is 0 Å². The molecule has 0 aliphatic carbocycles. The summed E-state index contributed by atoms with van der Waals surface area (Å²) >= 11 is 0. The van der Waals surface area contributed by atoms with E-state index in [0.29, 0.717) is 42.3 Å². The van der Waals surface area contributed by atoms with Gasteiger partial charge in [0.25, 0.3) is 11.8 Å². The Morgan fingerprint density at radius 2 is 1.34 bits per heavy atom. The molecule has 0 aromatic heterocycles. The van der Waals surface area contributed by atoms with Gasteiger partial charge >= 0.3 is 6.18 Å². The number of carbonyl (C=O) groups is 2. The van der Waals surface area contributed by atoms with Crippen LogP contribution in [0.4, 0.5) is 13.2 Å². The van der Waals surface area contributed by atoms with Crippen LogP contribution in [-0.4, -0.2) is 95.3 Å². The second kappa shape index (κ2) is 15.5. The Hall–Kier alpha value is -3.51. The minimum Gasteiger partial charge on any atom is -0.493 e. The smallest absolute Gasteiger partial charge is 0.417 e. The first-order valence-electron chi connectivity index (χ1n) is 13.6. The van der Waals surface area contributed by atoms with Crippen molar-refractivity contribution in [3.05, 3.63) is 53.1 Å². The number of carbonyl (C=O) groups excluding carboxylic acids is 2. The van der Waals surface area contributed by atoms with E-state index in [-0.39, 0.29) is 11.5 Å². The van der Waals surface area contributed by atoms with Gasteiger partial charge in [0, 0.05) is 31.7 Å². The number of hydrogen-bond acceptors (Lipinski definition) is 7. The number of rotatable bonds is 13. The maximum atomic E-state index is 13.2. The quantitative estimate of drug-likeness (QED) is 0.350. The molecular weight excluding hydrogens is 541 g/mol. The van der Waals surface area contributed by atoms with Crippen LogP contribution in [0.2, 0.25) is 0 Å². The number of hydrogen-bond donors (Lipinski definition) is 2. The largest absolute Gasteiger partial charge is 0.493 e. The maximum absolute atomic E-state index is 13.2. The third-order valence-corrected chi connectivity index (χ3v) is 6.96. The van der Waals surface area contributed by atoms with Crippen molar-refractivity contribution in [2.24, 2.45) is 0 Å². The van der Waals surface area contributed by atoms with Gasteiger partial charge in [0.05, 0.1) is 32.5 Å². The van der Waals surface area contributed by atoms with Gasteiger partial charge in [-0.3, -0.25) is 9.59 Å². The van der Waals surface area contributed by atoms with E-state index in [4.69, 9.17) is 14.2 Å². The number of nitrogens with one attached hydrogen (secondary N) is 2. The van der Waals surface area contributed by atoms with Crippen molar-refractivity contribution in [1.82, 2.24) is 20.4 Å². The van der Waals surface area contributed by atoms with Crippen molar-refractivity contribution >= 4 is 11.8 Å². The lowest BCUT2D eigenvalue weighted by Crippen LogP contribution is -2.34. The number of methoxy groups -OCH3 is 3. The standard InChI is InChI=1S/C29H39F3N4O5/c1-39-24-19-21(20-25(40-2)26(24)41-3)27(37)33-11-6-13-35-15-8-16-36(18-17-35)14-7-12-34-28(38)22-9-4-5-10-23(22)29(30,31)32/h4-5,9-10,19-20H,6-8,11-18H2,1-3H3,(H,33,37)(H,34,38). The first-order chi connectivity index (χ1) is 19.7. The number of benzene rings is 2. The number of nitrogens with zero attached hydrogens (tertiary/aromatic N) is 2. The Balaban J connectivity index is 1.35. The van der Waals surface area contributed by atoms with Gasteiger partial charge in [-0.25, -0.2) is 0 Å². The molecule has 226 valence electrons. The van der Waals surface area contributed by atoms with Gasteiger partial charge in [0.1, 0.15) is 0 Å². The predicted octanol–water partition coefficient (Wildman–Crippen LogP) is 3.68. The van der Waals surface area contributed by atoms with Crippen LogP contribution in [0.1, 0.15) is 45.5 Å². The molecule has 1 aliphatic heterocycles. The van der Waals surface area contributed by atoms with Gasteiger partial charge in [-0.05, 0) is 69.7 Å². The van der Waals surface area contributed by atoms with Crippen molar-refractivity contribution in [1.29, 1.82) is 0 Å². The zero-order chi connectivity index (χ0) is 29.8. The van der Waals surface area contributed by atoms with E-state index in [9.17, 15) is 22.8 Å². The van der Waals surface area contributed by atoms with Gasteiger partial charge in [0.15, 0.2) is 11.5 Å². The minimum absolute atomic E-state index is 0.222. The molecule has 2 aromatic carbocycles. The van der Waals surface area contributed by atoms with Gasteiger partial charge in [-0.2, -0.15) is 13.2 Å². The van der Waals surface area contributed by atoms with Crippen molar-refractivity contribution in [2.45, 2.75) is 25.4 Å². The molecule has 0 bridgehead atoms. The molecule has 0 saturated carbocycles. The van der Waals surface area contributed by atoms with E-state index < -0.39 is 17.6 Å². The van der Waals surface area contributed by atoms with E-state index in [1.807, 2.05) is 0 Å². The molecular formula is C29H39F3N4O5. The van der Waals surface area contributed by atoms with Crippen LogP contribution < -0.4 is 24.8 Å². The highest BCUT2D eigenvalue weighted by molar-refractivity contribution is 5.96. The molecule has 0 unspecified atom stereocenters. The summed E-state index contributed by atoms with van der Waals surface area (Å²) in [6.07, 6.45) is -2.14. The number of amides is 2. The zero-order valence-electron chi connectivity index (χ0n) is 23.8. The average Bonchev–Trinajstić information content (AvgIpc) is 3.21. The lowest BCUT2D eigenvalue weighted by molar-refractivity contribution is -0.137. The van der Waals surface area contributed by atoms with Crippen LogP contribution in [0.3, 0.4) is 0 Å². The summed E-state index contributed by atoms with van der Waals surface area (Å²) in [7, 11) is 4.51. The fourth-order valence-corrected chi connectivity index (χ4v) is 4.82. The van der Waals surface area contributed by atoms with E-state index in [1.165, 1.54) is 39.5 Å². The fourth-order valence-electron chi connectivity index (χ4n) is 4.82. The summed E-state index contributed by atoms with van der Waals surface area (Å²) in [6.45, 7) is 6.03. The van der Waals surface area contributed by atoms with E-state index in [1.54, 1.807) is 12.1 Å². The minimum atomic E-state index is -4.57. The molecule has 1 fully saturated rings. The molecule has 3 rings (SSSR count). The van der Waals surface area contributed by atoms with Crippen LogP contribution in [0.15, 0.2) is 36.4 Å². The molecule has 9 nitrogen and oxygen atoms in total. The second-order valence-corrected chi connectivity index (χ2v) is 9.71. The van der Waals surface area contributed by atoms with Crippen molar-refractivity contribution in [3.8, 4) is 17.2 Å². The zero-order valence-corrected chi connectivity index (χ0v) is 23.8. The number of alkyl halides is 3. The summed E-state index contributed by atoms with van der Waals surface area (Å²) < 4.78 is 55.4. The first-order valence-corrected chi connectivity index (χ1v) is 13.6. The van der Waals surface area contributed by atoms with E-state index in [2.05, 4.69) is 20.4 Å². The lowest BCUT2D eigenvalue weighted by atomic mass is 10.1. The molecule has 2 aromatic rings. The topological polar surface area (TPSA) is 92.4 Å². The van der Waals surface area contributed by atoms with E-state index in [0.717, 1.165) is 58.2 Å². The molecule has 1 heterocycles. The molecule has 0 spiro atoms. The van der Waals surface area contributed by atoms with Crippen molar-refractivity contribution < 1.29 is 37.0 Å². The van der Waals surface area contributed by atoms with Crippen LogP contribution in [0.25, 0.3) is 0 Å². The summed E-state index contributed by atoms with van der Waals surface area (Å²) in [5.74, 6) is 0.330. The van der Waals surface area contributed by atoms with Gasteiger partial charge < -0.3 is 34.6 Å². The second-order valence-electron chi connectivity index (χ2n) is 9.71. The molecule has 2 amide bonds. The highest BCUT2D eigenvalue weighted by atomic mass is 19.4. The van der Waals surface area contributed by atoms with Crippen molar-refractivity contribution in [2.75, 3.05) is 73.7 Å². The van der Waals surface area contributed by atoms with Crippen LogP contribution >= 0.6 is 0 Å². The van der Waals surface area contributed by atoms with Crippen LogP contribution in [0.5, 0.6) is 17.2 Å². The summed E-state index contributed by atoms with van der Waals surface area (Å²) in [5, 5.41) is 5.56. The summed E-state index contributed by atoms with van der Waals surface area (Å²) in [4.78, 5) is 29.7. The molecule has 41 heavy (non-hydrogen) atoms. The molecule has 0 radical (unpaired) electrons.